The van der Waals surface area contributed by atoms with E-state index in [1.165, 1.54) is 0 Å². The van der Waals surface area contributed by atoms with Crippen molar-refractivity contribution in [1.82, 2.24) is 4.90 Å². The summed E-state index contributed by atoms with van der Waals surface area (Å²) in [6.07, 6.45) is 2.31. The number of aryl methyl sites for hydroxylation is 1. The predicted molar refractivity (Wildman–Crippen MR) is 197 cm³/mol. The second kappa shape index (κ2) is 13.1. The molecule has 1 amide bonds. The number of nitrogens with one attached hydrogen (secondary N) is 1. The van der Waals surface area contributed by atoms with E-state index in [4.69, 9.17) is 4.74 Å². The van der Waals surface area contributed by atoms with Crippen LogP contribution in [0.5, 0.6) is 5.75 Å². The molecule has 1 heterocycles. The summed E-state index contributed by atoms with van der Waals surface area (Å²) in [7, 11) is 0. The van der Waals surface area contributed by atoms with Gasteiger partial charge >= 0.3 is 0 Å². The molecule has 0 saturated heterocycles. The molecular formula is C40H42Br2N2O4. The average molecular weight is 775 g/mol. The average Bonchev–Trinajstić information content (AvgIpc) is 2.99. The number of allylic oxidation sites excluding steroid dienone is 4. The highest BCUT2D eigenvalue weighted by molar-refractivity contribution is 9.11. The quantitative estimate of drug-likeness (QED) is 0.259. The second-order valence-electron chi connectivity index (χ2n) is 15.0. The number of benzene rings is 3. The third kappa shape index (κ3) is 6.84. The Morgan fingerprint density at radius 3 is 1.96 bits per heavy atom. The van der Waals surface area contributed by atoms with Crippen LogP contribution in [-0.4, -0.2) is 29.0 Å². The van der Waals surface area contributed by atoms with Crippen LogP contribution in [-0.2, 0) is 20.9 Å². The van der Waals surface area contributed by atoms with Gasteiger partial charge in [-0.3, -0.25) is 14.4 Å². The fourth-order valence-corrected chi connectivity index (χ4v) is 8.88. The first-order chi connectivity index (χ1) is 22.6. The van der Waals surface area contributed by atoms with Gasteiger partial charge in [0.05, 0.1) is 8.95 Å². The van der Waals surface area contributed by atoms with E-state index in [-0.39, 0.29) is 34.9 Å². The fourth-order valence-electron chi connectivity index (χ4n) is 7.43. The topological polar surface area (TPSA) is 75.7 Å². The number of carbonyl (C=O) groups is 3. The van der Waals surface area contributed by atoms with E-state index in [1.54, 1.807) is 0 Å². The van der Waals surface area contributed by atoms with E-state index in [2.05, 4.69) is 81.9 Å². The molecule has 0 fully saturated rings. The first kappa shape index (κ1) is 34.4. The molecule has 0 aromatic heterocycles. The summed E-state index contributed by atoms with van der Waals surface area (Å²) in [5.41, 5.74) is 7.88. The van der Waals surface area contributed by atoms with E-state index >= 15 is 0 Å². The maximum absolute atomic E-state index is 14.2. The van der Waals surface area contributed by atoms with Crippen molar-refractivity contribution in [3.63, 3.8) is 0 Å². The molecule has 0 atom stereocenters. The Balaban J connectivity index is 1.40. The largest absolute Gasteiger partial charge is 0.481 e. The normalized spacial score (nSPS) is 18.9. The minimum Gasteiger partial charge on any atom is -0.481 e. The lowest BCUT2D eigenvalue weighted by Crippen LogP contribution is -2.44. The molecule has 250 valence electrons. The molecule has 1 aliphatic heterocycles. The molecule has 0 saturated carbocycles. The molecule has 8 heteroatoms. The Morgan fingerprint density at radius 1 is 0.833 bits per heavy atom. The van der Waals surface area contributed by atoms with Crippen molar-refractivity contribution in [2.24, 2.45) is 10.8 Å². The number of amides is 1. The number of rotatable bonds is 7. The van der Waals surface area contributed by atoms with E-state index in [9.17, 15) is 14.4 Å². The van der Waals surface area contributed by atoms with Crippen molar-refractivity contribution in [3.05, 3.63) is 114 Å². The Labute approximate surface area is 300 Å². The molecule has 1 N–H and O–H groups in total. The predicted octanol–water partition coefficient (Wildman–Crippen LogP) is 9.73. The van der Waals surface area contributed by atoms with Crippen LogP contribution in [0.25, 0.3) is 0 Å². The van der Waals surface area contributed by atoms with Crippen LogP contribution in [0.15, 0.2) is 92.1 Å². The van der Waals surface area contributed by atoms with E-state index in [0.29, 0.717) is 34.1 Å². The molecule has 0 radical (unpaired) electrons. The van der Waals surface area contributed by atoms with Crippen LogP contribution >= 0.6 is 31.9 Å². The Kier molecular flexibility index (Phi) is 9.37. The summed E-state index contributed by atoms with van der Waals surface area (Å²) in [5, 5.41) is 2.94. The van der Waals surface area contributed by atoms with Crippen molar-refractivity contribution in [1.29, 1.82) is 0 Å². The van der Waals surface area contributed by atoms with E-state index in [1.807, 2.05) is 62.4 Å². The first-order valence-corrected chi connectivity index (χ1v) is 18.0. The monoisotopic (exact) mass is 772 g/mol. The number of anilines is 1. The van der Waals surface area contributed by atoms with Gasteiger partial charge in [0, 0.05) is 53.5 Å². The van der Waals surface area contributed by atoms with Crippen LogP contribution in [0.2, 0.25) is 0 Å². The maximum atomic E-state index is 14.2. The number of carbonyl (C=O) groups excluding carboxylic acids is 3. The van der Waals surface area contributed by atoms with Gasteiger partial charge in [-0.1, -0.05) is 70.2 Å². The minimum absolute atomic E-state index is 0.0872. The SMILES string of the molecule is Cc1cccc(NC(=O)COc2c(Br)cc(C3C4=C(CC(C)(C)CC4=O)N(Cc4ccccc4)C4=C3C(=O)CC(C)(C)C4)cc2Br)c1C. The summed E-state index contributed by atoms with van der Waals surface area (Å²) < 4.78 is 7.30. The van der Waals surface area contributed by atoms with Crippen molar-refractivity contribution in [3.8, 4) is 5.75 Å². The van der Waals surface area contributed by atoms with Crippen molar-refractivity contribution < 1.29 is 19.1 Å². The number of halogens is 2. The van der Waals surface area contributed by atoms with Gasteiger partial charge in [0.15, 0.2) is 18.2 Å². The highest BCUT2D eigenvalue weighted by atomic mass is 79.9. The van der Waals surface area contributed by atoms with Crippen LogP contribution < -0.4 is 10.1 Å². The van der Waals surface area contributed by atoms with Gasteiger partial charge in [-0.05, 0) is 110 Å². The number of Topliss-reactive ketones (excluding diaryl/α,β-unsaturated/α-hetero) is 2. The summed E-state index contributed by atoms with van der Waals surface area (Å²) in [6, 6.07) is 20.0. The molecule has 48 heavy (non-hydrogen) atoms. The van der Waals surface area contributed by atoms with Gasteiger partial charge < -0.3 is 15.0 Å². The Morgan fingerprint density at radius 2 is 1.40 bits per heavy atom. The minimum atomic E-state index is -0.497. The van der Waals surface area contributed by atoms with Crippen molar-refractivity contribution in [2.45, 2.75) is 79.7 Å². The summed E-state index contributed by atoms with van der Waals surface area (Å²) in [4.78, 5) is 43.6. The number of hydrogen-bond acceptors (Lipinski definition) is 5. The fraction of sp³-hybridized carbons (Fsp3) is 0.375. The lowest BCUT2D eigenvalue weighted by Gasteiger charge is -2.49. The second-order valence-corrected chi connectivity index (χ2v) is 16.7. The van der Waals surface area contributed by atoms with Crippen LogP contribution in [0.3, 0.4) is 0 Å². The maximum Gasteiger partial charge on any atom is 0.262 e. The summed E-state index contributed by atoms with van der Waals surface area (Å²) in [5.74, 6) is -0.114. The molecule has 3 aromatic rings. The Bertz CT molecular complexity index is 1810. The number of nitrogens with zero attached hydrogens (tertiary/aromatic N) is 1. The zero-order valence-corrected chi connectivity index (χ0v) is 31.6. The highest BCUT2D eigenvalue weighted by Crippen LogP contribution is 2.55. The lowest BCUT2D eigenvalue weighted by atomic mass is 9.63. The molecule has 2 aliphatic carbocycles. The standard InChI is InChI=1S/C40H42Br2N2O4/c1-23-11-10-14-29(24(23)2)43-34(47)22-48-38-27(41)15-26(16-28(38)42)35-36-30(17-39(3,4)19-32(36)45)44(21-25-12-8-7-9-13-25)31-18-40(5,6)20-33(46)37(31)35/h7-16,35H,17-22H2,1-6H3,(H,43,47). The van der Waals surface area contributed by atoms with Crippen LogP contribution in [0.1, 0.15) is 81.5 Å². The molecule has 6 nitrogen and oxygen atoms in total. The highest BCUT2D eigenvalue weighted by Gasteiger charge is 2.49. The third-order valence-corrected chi connectivity index (χ3v) is 11.0. The lowest BCUT2D eigenvalue weighted by molar-refractivity contribution is -0.120. The van der Waals surface area contributed by atoms with Gasteiger partial charge in [-0.15, -0.1) is 0 Å². The molecule has 0 unspecified atom stereocenters. The van der Waals surface area contributed by atoms with Crippen LogP contribution in [0.4, 0.5) is 5.69 Å². The molecule has 0 bridgehead atoms. The third-order valence-electron chi connectivity index (χ3n) is 9.79. The van der Waals surface area contributed by atoms with Gasteiger partial charge in [0.25, 0.3) is 5.91 Å². The Hall–Kier alpha value is -3.49. The van der Waals surface area contributed by atoms with E-state index < -0.39 is 5.92 Å². The number of hydrogen-bond donors (Lipinski definition) is 1. The summed E-state index contributed by atoms with van der Waals surface area (Å²) >= 11 is 7.40. The molecule has 3 aliphatic rings. The van der Waals surface area contributed by atoms with Gasteiger partial charge in [0.2, 0.25) is 0 Å². The smallest absolute Gasteiger partial charge is 0.262 e. The van der Waals surface area contributed by atoms with Crippen molar-refractivity contribution >= 4 is 55.0 Å². The number of ketones is 2. The molecular weight excluding hydrogens is 732 g/mol. The molecule has 0 spiro atoms. The van der Waals surface area contributed by atoms with Gasteiger partial charge in [-0.25, -0.2) is 0 Å². The van der Waals surface area contributed by atoms with Gasteiger partial charge in [-0.2, -0.15) is 0 Å². The molecule has 6 rings (SSSR count). The van der Waals surface area contributed by atoms with Crippen molar-refractivity contribution in [2.75, 3.05) is 11.9 Å². The molecule has 3 aromatic carbocycles. The summed E-state index contributed by atoms with van der Waals surface area (Å²) in [6.45, 7) is 13.0. The zero-order chi connectivity index (χ0) is 34.5. The zero-order valence-electron chi connectivity index (χ0n) is 28.4. The van der Waals surface area contributed by atoms with Gasteiger partial charge in [0.1, 0.15) is 5.75 Å². The van der Waals surface area contributed by atoms with E-state index in [0.717, 1.165) is 63.3 Å². The first-order valence-electron chi connectivity index (χ1n) is 16.5. The van der Waals surface area contributed by atoms with Crippen LogP contribution in [0, 0.1) is 24.7 Å². The number of ether oxygens (including phenoxy) is 1.